The first-order valence-corrected chi connectivity index (χ1v) is 15.8. The molecule has 0 saturated carbocycles. The number of ether oxygens (including phenoxy) is 1. The highest BCUT2D eigenvalue weighted by atomic mass is 19.1. The van der Waals surface area contributed by atoms with Crippen molar-refractivity contribution in [3.8, 4) is 11.5 Å². The van der Waals surface area contributed by atoms with Crippen LogP contribution in [-0.4, -0.2) is 50.0 Å². The second kappa shape index (κ2) is 15.6. The van der Waals surface area contributed by atoms with Crippen molar-refractivity contribution in [2.45, 2.75) is 13.0 Å². The summed E-state index contributed by atoms with van der Waals surface area (Å²) in [6.07, 6.45) is 1.39. The van der Waals surface area contributed by atoms with Crippen LogP contribution in [-0.2, 0) is 4.74 Å². The molecule has 260 valence electrons. The number of hydrogen-bond donors (Lipinski definition) is 3. The molecule has 0 radical (unpaired) electrons. The number of aromatic nitrogens is 4. The van der Waals surface area contributed by atoms with Gasteiger partial charge >= 0.3 is 5.97 Å². The standard InChI is InChI=1S/C38H29F2N7O5/c1-23(21-52-38(51)29-20-27(16-18-31(29)40)43-36(49)25-11-6-3-7-12-25)47-22-41-46-34(47)32-13-8-14-33(44-32)45-37(50)28-19-26(15-17-30(28)39)42-35(48)24-9-4-2-5-10-24/h2-20,22-23H,21H2,1H3,(H,42,48)(H,43,49)(H,44,45,50)/t23-/m1/s1. The summed E-state index contributed by atoms with van der Waals surface area (Å²) < 4.78 is 36.4. The molecule has 0 bridgehead atoms. The van der Waals surface area contributed by atoms with Crippen LogP contribution in [0, 0.1) is 11.6 Å². The number of halogens is 2. The van der Waals surface area contributed by atoms with Gasteiger partial charge in [0.25, 0.3) is 17.7 Å². The van der Waals surface area contributed by atoms with Crippen molar-refractivity contribution in [3.05, 3.63) is 155 Å². The van der Waals surface area contributed by atoms with E-state index < -0.39 is 41.4 Å². The number of benzene rings is 4. The van der Waals surface area contributed by atoms with Crippen LogP contribution in [0.2, 0.25) is 0 Å². The zero-order valence-corrected chi connectivity index (χ0v) is 27.4. The van der Waals surface area contributed by atoms with Gasteiger partial charge in [0.2, 0.25) is 0 Å². The van der Waals surface area contributed by atoms with Gasteiger partial charge in [-0.25, -0.2) is 18.6 Å². The monoisotopic (exact) mass is 701 g/mol. The Labute approximate surface area is 295 Å². The molecule has 52 heavy (non-hydrogen) atoms. The van der Waals surface area contributed by atoms with Crippen molar-refractivity contribution in [2.75, 3.05) is 22.6 Å². The lowest BCUT2D eigenvalue weighted by atomic mass is 10.1. The summed E-state index contributed by atoms with van der Waals surface area (Å²) in [6.45, 7) is 1.50. The smallest absolute Gasteiger partial charge is 0.341 e. The predicted octanol–water partition coefficient (Wildman–Crippen LogP) is 6.79. The van der Waals surface area contributed by atoms with Gasteiger partial charge in [0, 0.05) is 22.5 Å². The highest BCUT2D eigenvalue weighted by Crippen LogP contribution is 2.23. The molecule has 0 aliphatic carbocycles. The molecule has 3 amide bonds. The molecule has 6 aromatic rings. The molecule has 0 aliphatic heterocycles. The van der Waals surface area contributed by atoms with E-state index in [-0.39, 0.29) is 46.4 Å². The van der Waals surface area contributed by atoms with E-state index >= 15 is 0 Å². The van der Waals surface area contributed by atoms with Gasteiger partial charge < -0.3 is 25.3 Å². The Hall–Kier alpha value is -7.09. The normalized spacial score (nSPS) is 11.3. The van der Waals surface area contributed by atoms with E-state index in [0.717, 1.165) is 12.1 Å². The summed E-state index contributed by atoms with van der Waals surface area (Å²) >= 11 is 0. The first-order chi connectivity index (χ1) is 25.2. The van der Waals surface area contributed by atoms with Gasteiger partial charge in [0.15, 0.2) is 5.82 Å². The van der Waals surface area contributed by atoms with Gasteiger partial charge in [-0.05, 0) is 79.7 Å². The van der Waals surface area contributed by atoms with E-state index in [9.17, 15) is 28.0 Å². The maximum Gasteiger partial charge on any atom is 0.341 e. The third kappa shape index (κ3) is 8.19. The van der Waals surface area contributed by atoms with Crippen molar-refractivity contribution < 1.29 is 32.7 Å². The summed E-state index contributed by atoms with van der Waals surface area (Å²) in [5.41, 5.74) is 0.803. The fraction of sp³-hybridized carbons (Fsp3) is 0.0789. The number of rotatable bonds is 11. The van der Waals surface area contributed by atoms with Gasteiger partial charge in [-0.3, -0.25) is 14.4 Å². The molecule has 6 rings (SSSR count). The summed E-state index contributed by atoms with van der Waals surface area (Å²) in [6, 6.07) is 28.2. The molecule has 0 saturated heterocycles. The maximum atomic E-state index is 14.7. The molecular formula is C38H29F2N7O5. The Morgan fingerprint density at radius 1 is 0.692 bits per heavy atom. The lowest BCUT2D eigenvalue weighted by Gasteiger charge is -2.16. The number of anilines is 3. The topological polar surface area (TPSA) is 157 Å². The minimum Gasteiger partial charge on any atom is -0.460 e. The summed E-state index contributed by atoms with van der Waals surface area (Å²) in [4.78, 5) is 55.5. The van der Waals surface area contributed by atoms with Crippen LogP contribution >= 0.6 is 0 Å². The van der Waals surface area contributed by atoms with E-state index in [0.29, 0.717) is 11.1 Å². The van der Waals surface area contributed by atoms with E-state index in [4.69, 9.17) is 4.74 Å². The minimum atomic E-state index is -0.950. The fourth-order valence-corrected chi connectivity index (χ4v) is 5.04. The fourth-order valence-electron chi connectivity index (χ4n) is 5.04. The van der Waals surface area contributed by atoms with Crippen LogP contribution in [0.15, 0.2) is 122 Å². The molecule has 3 N–H and O–H groups in total. The first kappa shape index (κ1) is 34.8. The molecule has 0 fully saturated rings. The number of pyridine rings is 1. The quantitative estimate of drug-likeness (QED) is 0.125. The molecular weight excluding hydrogens is 672 g/mol. The average molecular weight is 702 g/mol. The second-order valence-electron chi connectivity index (χ2n) is 11.4. The van der Waals surface area contributed by atoms with Crippen LogP contribution in [0.4, 0.5) is 26.0 Å². The third-order valence-electron chi connectivity index (χ3n) is 7.71. The highest BCUT2D eigenvalue weighted by molar-refractivity contribution is 6.07. The number of carbonyl (C=O) groups is 4. The first-order valence-electron chi connectivity index (χ1n) is 15.8. The SMILES string of the molecule is C[C@H](COC(=O)c1cc(NC(=O)c2ccccc2)ccc1F)n1cnnc1-c1cccc(NC(=O)c2cc(NC(=O)c3ccccc3)ccc2F)n1. The summed E-state index contributed by atoms with van der Waals surface area (Å²) in [5, 5.41) is 15.9. The molecule has 1 atom stereocenters. The minimum absolute atomic E-state index is 0.0731. The van der Waals surface area contributed by atoms with Crippen molar-refractivity contribution in [3.63, 3.8) is 0 Å². The van der Waals surface area contributed by atoms with Gasteiger partial charge in [0.05, 0.1) is 17.2 Å². The molecule has 2 aromatic heterocycles. The molecule has 12 nitrogen and oxygen atoms in total. The van der Waals surface area contributed by atoms with Gasteiger partial charge in [0.1, 0.15) is 36.1 Å². The molecule has 2 heterocycles. The number of amides is 3. The molecule has 0 aliphatic rings. The molecule has 14 heteroatoms. The zero-order chi connectivity index (χ0) is 36.6. The molecule has 0 unspecified atom stereocenters. The van der Waals surface area contributed by atoms with Gasteiger partial charge in [-0.2, -0.15) is 0 Å². The Kier molecular flexibility index (Phi) is 10.5. The average Bonchev–Trinajstić information content (AvgIpc) is 3.66. The Bertz CT molecular complexity index is 2270. The van der Waals surface area contributed by atoms with Crippen molar-refractivity contribution in [2.24, 2.45) is 0 Å². The van der Waals surface area contributed by atoms with Crippen molar-refractivity contribution in [1.82, 2.24) is 19.7 Å². The van der Waals surface area contributed by atoms with Crippen molar-refractivity contribution >= 4 is 40.9 Å². The number of nitrogens with one attached hydrogen (secondary N) is 3. The lowest BCUT2D eigenvalue weighted by Crippen LogP contribution is -2.18. The van der Waals surface area contributed by atoms with Crippen LogP contribution in [0.25, 0.3) is 11.5 Å². The Morgan fingerprint density at radius 2 is 1.27 bits per heavy atom. The Morgan fingerprint density at radius 3 is 1.88 bits per heavy atom. The van der Waals surface area contributed by atoms with Crippen LogP contribution in [0.1, 0.15) is 54.4 Å². The van der Waals surface area contributed by atoms with E-state index in [1.165, 1.54) is 36.7 Å². The van der Waals surface area contributed by atoms with E-state index in [1.54, 1.807) is 84.3 Å². The third-order valence-corrected chi connectivity index (χ3v) is 7.71. The zero-order valence-electron chi connectivity index (χ0n) is 27.4. The van der Waals surface area contributed by atoms with E-state index in [2.05, 4.69) is 31.1 Å². The summed E-state index contributed by atoms with van der Waals surface area (Å²) in [5.74, 6) is -3.92. The predicted molar refractivity (Wildman–Crippen MR) is 188 cm³/mol. The molecule has 4 aromatic carbocycles. The van der Waals surface area contributed by atoms with Gasteiger partial charge in [-0.15, -0.1) is 10.2 Å². The van der Waals surface area contributed by atoms with Crippen LogP contribution < -0.4 is 16.0 Å². The van der Waals surface area contributed by atoms with E-state index in [1.807, 2.05) is 0 Å². The van der Waals surface area contributed by atoms with Crippen molar-refractivity contribution in [1.29, 1.82) is 0 Å². The molecule has 0 spiro atoms. The van der Waals surface area contributed by atoms with Crippen LogP contribution in [0.5, 0.6) is 0 Å². The summed E-state index contributed by atoms with van der Waals surface area (Å²) in [7, 11) is 0. The highest BCUT2D eigenvalue weighted by Gasteiger charge is 2.21. The lowest BCUT2D eigenvalue weighted by molar-refractivity contribution is 0.0450. The second-order valence-corrected chi connectivity index (χ2v) is 11.4. The van der Waals surface area contributed by atoms with Crippen LogP contribution in [0.3, 0.4) is 0 Å². The van der Waals surface area contributed by atoms with Gasteiger partial charge in [-0.1, -0.05) is 42.5 Å². The number of esters is 1. The largest absolute Gasteiger partial charge is 0.460 e. The maximum absolute atomic E-state index is 14.7. The Balaban J connectivity index is 1.10. The number of hydrogen-bond acceptors (Lipinski definition) is 8. The number of carbonyl (C=O) groups excluding carboxylic acids is 4. The number of nitrogens with zero attached hydrogens (tertiary/aromatic N) is 4.